The summed E-state index contributed by atoms with van der Waals surface area (Å²) >= 11 is 2.24. The fourth-order valence-electron chi connectivity index (χ4n) is 4.24. The van der Waals surface area contributed by atoms with E-state index in [1.54, 1.807) is 24.3 Å². The molecular formula is C26H23IN4O4. The summed E-state index contributed by atoms with van der Waals surface area (Å²) in [4.78, 5) is 36.1. The number of amides is 3. The van der Waals surface area contributed by atoms with Crippen LogP contribution in [0.5, 0.6) is 5.75 Å². The summed E-state index contributed by atoms with van der Waals surface area (Å²) in [5, 5.41) is 11.8. The van der Waals surface area contributed by atoms with E-state index in [0.29, 0.717) is 23.6 Å². The molecule has 1 fully saturated rings. The number of nitrogens with one attached hydrogen (secondary N) is 2. The highest BCUT2D eigenvalue weighted by atomic mass is 127. The number of benzene rings is 3. The molecule has 1 aliphatic heterocycles. The van der Waals surface area contributed by atoms with Gasteiger partial charge in [0, 0.05) is 9.99 Å². The first-order valence-corrected chi connectivity index (χ1v) is 12.3. The summed E-state index contributed by atoms with van der Waals surface area (Å²) in [5.41, 5.74) is 3.27. The first kappa shape index (κ1) is 23.3. The summed E-state index contributed by atoms with van der Waals surface area (Å²) in [6.45, 7) is 0.0988. The van der Waals surface area contributed by atoms with E-state index >= 15 is 0 Å². The van der Waals surface area contributed by atoms with E-state index in [2.05, 4.69) is 32.9 Å². The normalized spacial score (nSPS) is 16.5. The quantitative estimate of drug-likeness (QED) is 0.214. The Morgan fingerprint density at radius 2 is 1.83 bits per heavy atom. The number of hydrogen-bond donors (Lipinski definition) is 3. The molecule has 1 saturated heterocycles. The lowest BCUT2D eigenvalue weighted by Crippen LogP contribution is -2.36. The highest BCUT2D eigenvalue weighted by Crippen LogP contribution is 2.33. The predicted octanol–water partition coefficient (Wildman–Crippen LogP) is 4.12. The lowest BCUT2D eigenvalue weighted by atomic mass is 10.0. The van der Waals surface area contributed by atoms with Crippen LogP contribution in [0.15, 0.2) is 72.8 Å². The minimum Gasteiger partial charge on any atom is -0.491 e. The van der Waals surface area contributed by atoms with Crippen LogP contribution in [0, 0.1) is 3.57 Å². The Balaban J connectivity index is 1.48. The first-order valence-electron chi connectivity index (χ1n) is 11.2. The Hall–Kier alpha value is -3.44. The van der Waals surface area contributed by atoms with Gasteiger partial charge in [0.25, 0.3) is 5.91 Å². The number of imidazole rings is 1. The second kappa shape index (κ2) is 10.0. The number of hydrogen-bond acceptors (Lipinski definition) is 5. The number of aromatic amines is 1. The molecule has 8 nitrogen and oxygen atoms in total. The molecule has 3 amide bonds. The molecule has 0 aliphatic carbocycles. The minimum absolute atomic E-state index is 0.0857. The van der Waals surface area contributed by atoms with E-state index in [1.165, 1.54) is 4.90 Å². The van der Waals surface area contributed by atoms with E-state index < -0.39 is 18.1 Å². The number of aromatic nitrogens is 2. The van der Waals surface area contributed by atoms with Gasteiger partial charge in [0.1, 0.15) is 30.3 Å². The molecule has 4 aromatic rings. The molecule has 5 rings (SSSR count). The number of rotatable bonds is 8. The van der Waals surface area contributed by atoms with Gasteiger partial charge in [-0.2, -0.15) is 0 Å². The standard InChI is InChI=1S/C26H23IN4O4/c27-18-8-11-20-21(15-18)29-24(28-20)22(14-16-4-2-1-3-5-16)31-25(33)23(30-26(31)34)17-6-9-19(10-7-17)35-13-12-32/h1-11,15,22-23,32H,12-14H2,(H,28,29)(H,30,34)/t22-,23+/m0/s1. The number of carbonyl (C=O) groups is 2. The van der Waals surface area contributed by atoms with Gasteiger partial charge in [0.2, 0.25) is 0 Å². The van der Waals surface area contributed by atoms with Crippen molar-refractivity contribution in [1.82, 2.24) is 20.2 Å². The maximum atomic E-state index is 13.6. The van der Waals surface area contributed by atoms with E-state index in [0.717, 1.165) is 20.2 Å². The largest absolute Gasteiger partial charge is 0.491 e. The highest BCUT2D eigenvalue weighted by molar-refractivity contribution is 14.1. The van der Waals surface area contributed by atoms with Crippen molar-refractivity contribution in [1.29, 1.82) is 0 Å². The SMILES string of the molecule is O=C1N[C@H](c2ccc(OCCO)cc2)C(=O)N1[C@@H](Cc1ccccc1)c1nc2ccc(I)cc2[nH]1. The van der Waals surface area contributed by atoms with Crippen LogP contribution in [-0.2, 0) is 11.2 Å². The van der Waals surface area contributed by atoms with Gasteiger partial charge < -0.3 is 20.1 Å². The van der Waals surface area contributed by atoms with E-state index in [1.807, 2.05) is 48.5 Å². The van der Waals surface area contributed by atoms with Gasteiger partial charge in [-0.1, -0.05) is 42.5 Å². The summed E-state index contributed by atoms with van der Waals surface area (Å²) < 4.78 is 6.46. The van der Waals surface area contributed by atoms with Crippen LogP contribution in [0.3, 0.4) is 0 Å². The van der Waals surface area contributed by atoms with E-state index in [9.17, 15) is 9.59 Å². The predicted molar refractivity (Wildman–Crippen MR) is 139 cm³/mol. The van der Waals surface area contributed by atoms with Gasteiger partial charge in [0.05, 0.1) is 17.6 Å². The number of nitrogens with zero attached hydrogens (tertiary/aromatic N) is 2. The Kier molecular flexibility index (Phi) is 6.69. The first-order chi connectivity index (χ1) is 17.0. The number of carbonyl (C=O) groups excluding carboxylic acids is 2. The Morgan fingerprint density at radius 1 is 1.06 bits per heavy atom. The molecule has 3 aromatic carbocycles. The molecule has 0 unspecified atom stereocenters. The van der Waals surface area contributed by atoms with Crippen LogP contribution in [0.4, 0.5) is 4.79 Å². The smallest absolute Gasteiger partial charge is 0.325 e. The zero-order valence-electron chi connectivity index (χ0n) is 18.6. The number of fused-ring (bicyclic) bond motifs is 1. The molecule has 2 atom stereocenters. The van der Waals surface area contributed by atoms with Crippen LogP contribution < -0.4 is 10.1 Å². The van der Waals surface area contributed by atoms with Crippen molar-refractivity contribution >= 4 is 45.6 Å². The molecule has 178 valence electrons. The van der Waals surface area contributed by atoms with E-state index in [-0.39, 0.29) is 19.1 Å². The molecule has 35 heavy (non-hydrogen) atoms. The third kappa shape index (κ3) is 4.87. The van der Waals surface area contributed by atoms with Crippen LogP contribution in [0.2, 0.25) is 0 Å². The van der Waals surface area contributed by atoms with Crippen molar-refractivity contribution in [2.45, 2.75) is 18.5 Å². The number of urea groups is 1. The van der Waals surface area contributed by atoms with Gasteiger partial charge in [-0.3, -0.25) is 9.69 Å². The van der Waals surface area contributed by atoms with Crippen molar-refractivity contribution in [3.8, 4) is 5.75 Å². The monoisotopic (exact) mass is 582 g/mol. The van der Waals surface area contributed by atoms with Gasteiger partial charge in [-0.25, -0.2) is 9.78 Å². The maximum Gasteiger partial charge on any atom is 0.325 e. The number of H-pyrrole nitrogens is 1. The van der Waals surface area contributed by atoms with E-state index in [4.69, 9.17) is 14.8 Å². The minimum atomic E-state index is -0.807. The molecule has 9 heteroatoms. The molecule has 0 spiro atoms. The van der Waals surface area contributed by atoms with Gasteiger partial charge in [-0.15, -0.1) is 0 Å². The lowest BCUT2D eigenvalue weighted by molar-refractivity contribution is -0.129. The summed E-state index contributed by atoms with van der Waals surface area (Å²) in [5.74, 6) is 0.799. The van der Waals surface area contributed by atoms with Crippen LogP contribution in [0.25, 0.3) is 11.0 Å². The number of imide groups is 1. The Morgan fingerprint density at radius 3 is 2.57 bits per heavy atom. The summed E-state index contributed by atoms with van der Waals surface area (Å²) in [7, 11) is 0. The van der Waals surface area contributed by atoms with Crippen molar-refractivity contribution in [2.24, 2.45) is 0 Å². The summed E-state index contributed by atoms with van der Waals surface area (Å²) in [6, 6.07) is 20.7. The molecule has 1 aromatic heterocycles. The van der Waals surface area contributed by atoms with Gasteiger partial charge in [-0.05, 0) is 64.0 Å². The zero-order chi connectivity index (χ0) is 24.4. The fraction of sp³-hybridized carbons (Fsp3) is 0.192. The number of aliphatic hydroxyl groups is 1. The van der Waals surface area contributed by atoms with Gasteiger partial charge in [0.15, 0.2) is 0 Å². The molecule has 0 bridgehead atoms. The van der Waals surface area contributed by atoms with Crippen LogP contribution in [-0.4, -0.2) is 45.1 Å². The molecule has 1 aliphatic rings. The third-order valence-corrected chi connectivity index (χ3v) is 6.58. The molecule has 2 heterocycles. The van der Waals surface area contributed by atoms with Crippen molar-refractivity contribution in [2.75, 3.05) is 13.2 Å². The molecular weight excluding hydrogens is 559 g/mol. The second-order valence-corrected chi connectivity index (χ2v) is 9.47. The highest BCUT2D eigenvalue weighted by Gasteiger charge is 2.44. The molecule has 0 radical (unpaired) electrons. The molecule has 3 N–H and O–H groups in total. The lowest BCUT2D eigenvalue weighted by Gasteiger charge is -2.24. The zero-order valence-corrected chi connectivity index (χ0v) is 20.8. The van der Waals surface area contributed by atoms with Crippen LogP contribution in [0.1, 0.15) is 29.0 Å². The molecule has 0 saturated carbocycles. The number of aliphatic hydroxyl groups excluding tert-OH is 1. The number of halogens is 1. The summed E-state index contributed by atoms with van der Waals surface area (Å²) in [6.07, 6.45) is 0.428. The van der Waals surface area contributed by atoms with Gasteiger partial charge >= 0.3 is 6.03 Å². The Bertz CT molecular complexity index is 1360. The third-order valence-electron chi connectivity index (χ3n) is 5.91. The van der Waals surface area contributed by atoms with Crippen molar-refractivity contribution < 1.29 is 19.4 Å². The maximum absolute atomic E-state index is 13.6. The topological polar surface area (TPSA) is 108 Å². The second-order valence-electron chi connectivity index (χ2n) is 8.22. The van der Waals surface area contributed by atoms with Crippen LogP contribution >= 0.6 is 22.6 Å². The fourth-order valence-corrected chi connectivity index (χ4v) is 4.73. The Labute approximate surface area is 215 Å². The number of ether oxygens (including phenoxy) is 1. The average Bonchev–Trinajstić information content (AvgIpc) is 3.42. The average molecular weight is 582 g/mol. The van der Waals surface area contributed by atoms with Crippen molar-refractivity contribution in [3.63, 3.8) is 0 Å². The van der Waals surface area contributed by atoms with Crippen molar-refractivity contribution in [3.05, 3.63) is 93.3 Å².